The van der Waals surface area contributed by atoms with E-state index < -0.39 is 6.23 Å². The lowest BCUT2D eigenvalue weighted by molar-refractivity contribution is 0.141. The van der Waals surface area contributed by atoms with Crippen LogP contribution in [0, 0.1) is 6.92 Å². The highest BCUT2D eigenvalue weighted by molar-refractivity contribution is 7.19. The van der Waals surface area contributed by atoms with E-state index in [-0.39, 0.29) is 0 Å². The smallest absolute Gasteiger partial charge is 0.209 e. The molecule has 0 aromatic carbocycles. The van der Waals surface area contributed by atoms with Crippen LogP contribution in [0.3, 0.4) is 0 Å². The molecule has 0 amide bonds. The molecule has 0 bridgehead atoms. The van der Waals surface area contributed by atoms with Gasteiger partial charge in [0.2, 0.25) is 10.3 Å². The second-order valence-corrected chi connectivity index (χ2v) is 9.18. The molecule has 8 heteroatoms. The van der Waals surface area contributed by atoms with Gasteiger partial charge in [0.05, 0.1) is 4.88 Å². The maximum atomic E-state index is 10.3. The van der Waals surface area contributed by atoms with Gasteiger partial charge in [-0.25, -0.2) is 0 Å². The highest BCUT2D eigenvalue weighted by Crippen LogP contribution is 2.31. The Morgan fingerprint density at radius 2 is 1.92 bits per heavy atom. The zero-order valence-corrected chi connectivity index (χ0v) is 16.9. The summed E-state index contributed by atoms with van der Waals surface area (Å²) in [5.74, 6) is 0. The number of thiophene rings is 1. The Balaban J connectivity index is 1.31. The summed E-state index contributed by atoms with van der Waals surface area (Å²) in [6, 6.07) is 2.73. The normalized spacial score (nSPS) is 21.1. The molecule has 4 rings (SSSR count). The van der Waals surface area contributed by atoms with Crippen LogP contribution in [-0.4, -0.2) is 52.4 Å². The number of nitrogens with one attached hydrogen (secondary N) is 1. The number of piperidine rings is 2. The van der Waals surface area contributed by atoms with Crippen LogP contribution in [0.15, 0.2) is 11.4 Å². The SMILES string of the molecule is Cc1csc(C(O)Nc2nnc(N3CCC(N4CCCCC4)CC3)s2)c1. The molecule has 2 aliphatic heterocycles. The molecule has 0 saturated carbocycles. The van der Waals surface area contributed by atoms with E-state index in [9.17, 15) is 5.11 Å². The highest BCUT2D eigenvalue weighted by atomic mass is 32.1. The summed E-state index contributed by atoms with van der Waals surface area (Å²) in [5, 5.41) is 25.6. The molecular formula is C18H27N5OS2. The van der Waals surface area contributed by atoms with E-state index in [0.29, 0.717) is 5.13 Å². The van der Waals surface area contributed by atoms with E-state index in [2.05, 4.69) is 25.3 Å². The molecule has 0 aliphatic carbocycles. The highest BCUT2D eigenvalue weighted by Gasteiger charge is 2.27. The molecule has 2 N–H and O–H groups in total. The summed E-state index contributed by atoms with van der Waals surface area (Å²) in [6.07, 6.45) is 5.81. The van der Waals surface area contributed by atoms with Crippen molar-refractivity contribution in [2.75, 3.05) is 36.4 Å². The largest absolute Gasteiger partial charge is 0.369 e. The van der Waals surface area contributed by atoms with Gasteiger partial charge in [-0.2, -0.15) is 0 Å². The molecular weight excluding hydrogens is 366 g/mol. The topological polar surface area (TPSA) is 64.5 Å². The molecule has 6 nitrogen and oxygen atoms in total. The molecule has 1 atom stereocenters. The van der Waals surface area contributed by atoms with Gasteiger partial charge >= 0.3 is 0 Å². The Morgan fingerprint density at radius 1 is 1.15 bits per heavy atom. The third-order valence-corrected chi connectivity index (χ3v) is 7.36. The monoisotopic (exact) mass is 393 g/mol. The predicted octanol–water partition coefficient (Wildman–Crippen LogP) is 3.47. The van der Waals surface area contributed by atoms with Crippen LogP contribution in [-0.2, 0) is 0 Å². The average Bonchev–Trinajstić information content (AvgIpc) is 3.32. The summed E-state index contributed by atoms with van der Waals surface area (Å²) in [5.41, 5.74) is 1.17. The Morgan fingerprint density at radius 3 is 2.62 bits per heavy atom. The van der Waals surface area contributed by atoms with E-state index in [1.165, 1.54) is 62.1 Å². The van der Waals surface area contributed by atoms with E-state index in [1.54, 1.807) is 11.3 Å². The maximum absolute atomic E-state index is 10.3. The summed E-state index contributed by atoms with van der Waals surface area (Å²) in [4.78, 5) is 5.93. The lowest BCUT2D eigenvalue weighted by Crippen LogP contribution is -2.46. The standard InChI is InChI=1S/C18H27N5OS2/c1-13-11-15(25-12-13)16(24)19-17-20-21-18(26-17)23-9-5-14(6-10-23)22-7-3-2-4-8-22/h11-12,14,16,24H,2-10H2,1H3,(H,19,20). The quantitative estimate of drug-likeness (QED) is 0.759. The molecule has 26 heavy (non-hydrogen) atoms. The van der Waals surface area contributed by atoms with Crippen LogP contribution in [0.2, 0.25) is 0 Å². The van der Waals surface area contributed by atoms with E-state index in [4.69, 9.17) is 0 Å². The van der Waals surface area contributed by atoms with Gasteiger partial charge in [0.25, 0.3) is 0 Å². The summed E-state index contributed by atoms with van der Waals surface area (Å²) < 4.78 is 0. The van der Waals surface area contributed by atoms with Crippen molar-refractivity contribution < 1.29 is 5.11 Å². The van der Waals surface area contributed by atoms with Gasteiger partial charge in [-0.1, -0.05) is 17.8 Å². The first-order valence-electron chi connectivity index (χ1n) is 9.51. The Kier molecular flexibility index (Phi) is 5.73. The lowest BCUT2D eigenvalue weighted by atomic mass is 10.0. The van der Waals surface area contributed by atoms with Crippen molar-refractivity contribution >= 4 is 32.9 Å². The maximum Gasteiger partial charge on any atom is 0.209 e. The minimum absolute atomic E-state index is 0.678. The molecule has 2 saturated heterocycles. The fourth-order valence-electron chi connectivity index (χ4n) is 3.89. The second-order valence-electron chi connectivity index (χ2n) is 7.28. The number of anilines is 2. The summed E-state index contributed by atoms with van der Waals surface area (Å²) in [6.45, 7) is 6.67. The van der Waals surface area contributed by atoms with Gasteiger partial charge in [0.1, 0.15) is 0 Å². The minimum Gasteiger partial charge on any atom is -0.369 e. The van der Waals surface area contributed by atoms with Crippen LogP contribution in [0.4, 0.5) is 10.3 Å². The van der Waals surface area contributed by atoms with E-state index in [1.807, 2.05) is 18.4 Å². The summed E-state index contributed by atoms with van der Waals surface area (Å²) >= 11 is 3.08. The second kappa shape index (κ2) is 8.21. The Hall–Kier alpha value is -1.22. The van der Waals surface area contributed by atoms with Crippen molar-refractivity contribution in [2.45, 2.75) is 51.3 Å². The van der Waals surface area contributed by atoms with Crippen LogP contribution in [0.5, 0.6) is 0 Å². The number of aliphatic hydroxyl groups excluding tert-OH is 1. The van der Waals surface area contributed by atoms with Gasteiger partial charge in [-0.3, -0.25) is 0 Å². The van der Waals surface area contributed by atoms with Crippen LogP contribution < -0.4 is 10.2 Å². The molecule has 2 aromatic heterocycles. The number of likely N-dealkylation sites (tertiary alicyclic amines) is 1. The molecule has 0 radical (unpaired) electrons. The lowest BCUT2D eigenvalue weighted by Gasteiger charge is -2.40. The first kappa shape index (κ1) is 18.2. The molecule has 2 fully saturated rings. The first-order chi connectivity index (χ1) is 12.7. The third-order valence-electron chi connectivity index (χ3n) is 5.34. The van der Waals surface area contributed by atoms with Crippen molar-refractivity contribution in [2.24, 2.45) is 0 Å². The predicted molar refractivity (Wildman–Crippen MR) is 108 cm³/mol. The van der Waals surface area contributed by atoms with Crippen molar-refractivity contribution in [3.63, 3.8) is 0 Å². The number of aliphatic hydroxyl groups is 1. The van der Waals surface area contributed by atoms with Crippen LogP contribution >= 0.6 is 22.7 Å². The Bertz CT molecular complexity index is 704. The van der Waals surface area contributed by atoms with E-state index in [0.717, 1.165) is 29.1 Å². The van der Waals surface area contributed by atoms with Crippen LogP contribution in [0.25, 0.3) is 0 Å². The number of aromatic nitrogens is 2. The van der Waals surface area contributed by atoms with Crippen molar-refractivity contribution in [3.05, 3.63) is 21.9 Å². The van der Waals surface area contributed by atoms with Gasteiger partial charge in [0.15, 0.2) is 6.23 Å². The number of hydrogen-bond donors (Lipinski definition) is 2. The molecule has 142 valence electrons. The molecule has 2 aliphatic rings. The third kappa shape index (κ3) is 4.19. The first-order valence-corrected chi connectivity index (χ1v) is 11.2. The molecule has 4 heterocycles. The van der Waals surface area contributed by atoms with Gasteiger partial charge < -0.3 is 20.2 Å². The van der Waals surface area contributed by atoms with Crippen LogP contribution in [0.1, 0.15) is 48.8 Å². The molecule has 0 spiro atoms. The Labute approximate surface area is 162 Å². The number of nitrogens with zero attached hydrogens (tertiary/aromatic N) is 4. The molecule has 2 aromatic rings. The van der Waals surface area contributed by atoms with Gasteiger partial charge in [-0.05, 0) is 62.7 Å². The zero-order valence-electron chi connectivity index (χ0n) is 15.2. The number of hydrogen-bond acceptors (Lipinski definition) is 8. The minimum atomic E-state index is -0.723. The van der Waals surface area contributed by atoms with Crippen molar-refractivity contribution in [3.8, 4) is 0 Å². The number of rotatable bonds is 5. The van der Waals surface area contributed by atoms with Gasteiger partial charge in [0, 0.05) is 19.1 Å². The van der Waals surface area contributed by atoms with E-state index >= 15 is 0 Å². The number of aryl methyl sites for hydroxylation is 1. The zero-order chi connectivity index (χ0) is 17.9. The van der Waals surface area contributed by atoms with Crippen molar-refractivity contribution in [1.29, 1.82) is 0 Å². The average molecular weight is 394 g/mol. The fourth-order valence-corrected chi connectivity index (χ4v) is 5.54. The van der Waals surface area contributed by atoms with Crippen molar-refractivity contribution in [1.82, 2.24) is 15.1 Å². The summed E-state index contributed by atoms with van der Waals surface area (Å²) in [7, 11) is 0. The fraction of sp³-hybridized carbons (Fsp3) is 0.667. The van der Waals surface area contributed by atoms with Gasteiger partial charge in [-0.15, -0.1) is 21.5 Å². The molecule has 1 unspecified atom stereocenters.